The van der Waals surface area contributed by atoms with Crippen molar-refractivity contribution in [2.24, 2.45) is 11.7 Å². The van der Waals surface area contributed by atoms with E-state index in [1.807, 2.05) is 32.9 Å². The summed E-state index contributed by atoms with van der Waals surface area (Å²) >= 11 is 0. The number of hydrogen-bond acceptors (Lipinski definition) is 4. The molecule has 1 heterocycles. The van der Waals surface area contributed by atoms with Gasteiger partial charge in [0.05, 0.1) is 30.5 Å². The molecule has 0 radical (unpaired) electrons. The van der Waals surface area contributed by atoms with Crippen molar-refractivity contribution in [3.05, 3.63) is 53.1 Å². The molecule has 1 atom stereocenters. The van der Waals surface area contributed by atoms with E-state index < -0.39 is 8.38 Å². The molecule has 2 aromatic rings. The molecule has 3 rings (SSSR count). The zero-order valence-corrected chi connectivity index (χ0v) is 16.9. The summed E-state index contributed by atoms with van der Waals surface area (Å²) in [6, 6.07) is 8.36. The molecule has 1 amide bonds. The molecule has 0 aliphatic heterocycles. The number of nitrogens with two attached hydrogens (primary N) is 1. The maximum Gasteiger partial charge on any atom is 0.224 e. The number of primary amides is 1. The van der Waals surface area contributed by atoms with Gasteiger partial charge in [0.15, 0.2) is 0 Å². The third-order valence-electron chi connectivity index (χ3n) is 4.52. The number of imidazole rings is 1. The van der Waals surface area contributed by atoms with Gasteiger partial charge >= 0.3 is 0 Å². The highest BCUT2D eigenvalue weighted by atomic mass is 31.2. The number of amides is 1. The largest absolute Gasteiger partial charge is 0.369 e. The fourth-order valence-electron chi connectivity index (χ4n) is 3.18. The van der Waals surface area contributed by atoms with Crippen molar-refractivity contribution < 1.29 is 13.8 Å². The average molecular weight is 387 g/mol. The summed E-state index contributed by atoms with van der Waals surface area (Å²) in [6.45, 7) is 7.93. The van der Waals surface area contributed by atoms with Crippen LogP contribution in [0.3, 0.4) is 0 Å². The van der Waals surface area contributed by atoms with Crippen LogP contribution in [0.1, 0.15) is 36.6 Å². The molecule has 1 aliphatic rings. The molecule has 1 aromatic heterocycles. The van der Waals surface area contributed by atoms with Gasteiger partial charge in [-0.3, -0.25) is 4.79 Å². The van der Waals surface area contributed by atoms with Gasteiger partial charge in [-0.05, 0) is 44.5 Å². The lowest BCUT2D eigenvalue weighted by Gasteiger charge is -2.17. The maximum atomic E-state index is 11.4. The zero-order valence-electron chi connectivity index (χ0n) is 16.0. The number of carbonyl (C=O) groups is 1. The molecule has 7 heteroatoms. The van der Waals surface area contributed by atoms with E-state index >= 15 is 0 Å². The Kier molecular flexibility index (Phi) is 6.42. The summed E-state index contributed by atoms with van der Waals surface area (Å²) in [4.78, 5) is 16.1. The molecule has 6 nitrogen and oxygen atoms in total. The van der Waals surface area contributed by atoms with Crippen LogP contribution >= 0.6 is 8.38 Å². The normalized spacial score (nSPS) is 15.9. The van der Waals surface area contributed by atoms with Crippen molar-refractivity contribution in [2.75, 3.05) is 13.2 Å². The quantitative estimate of drug-likeness (QED) is 0.707. The van der Waals surface area contributed by atoms with E-state index in [1.54, 1.807) is 0 Å². The van der Waals surface area contributed by atoms with Gasteiger partial charge < -0.3 is 19.3 Å². The standard InChI is InChI=1S/C20H26N3O3P/c1-4-25-27(26-5-2)17-9-6-15(7-10-17)13-23-14(3)22-18-12-16(20(21)24)8-11-19(18)23/h6-11,16H,4-5,12-13H2,1-3H3,(H2,21,24). The highest BCUT2D eigenvalue weighted by Crippen LogP contribution is 2.36. The van der Waals surface area contributed by atoms with Crippen LogP contribution in [0.5, 0.6) is 0 Å². The molecule has 0 fully saturated rings. The summed E-state index contributed by atoms with van der Waals surface area (Å²) in [5.41, 5.74) is 8.60. The van der Waals surface area contributed by atoms with E-state index in [9.17, 15) is 4.79 Å². The minimum absolute atomic E-state index is 0.268. The number of rotatable bonds is 8. The van der Waals surface area contributed by atoms with Gasteiger partial charge in [0.1, 0.15) is 5.82 Å². The molecular formula is C20H26N3O3P. The number of aromatic nitrogens is 2. The molecule has 144 valence electrons. The van der Waals surface area contributed by atoms with E-state index in [2.05, 4.69) is 33.8 Å². The fraction of sp³-hybridized carbons (Fsp3) is 0.400. The lowest BCUT2D eigenvalue weighted by atomic mass is 9.96. The Balaban J connectivity index is 1.78. The Labute approximate surface area is 161 Å². The molecule has 0 spiro atoms. The number of carbonyl (C=O) groups excluding carboxylic acids is 1. The molecule has 27 heavy (non-hydrogen) atoms. The van der Waals surface area contributed by atoms with E-state index in [4.69, 9.17) is 14.8 Å². The highest BCUT2D eigenvalue weighted by molar-refractivity contribution is 7.56. The van der Waals surface area contributed by atoms with E-state index in [0.29, 0.717) is 19.6 Å². The summed E-state index contributed by atoms with van der Waals surface area (Å²) in [6.07, 6.45) is 4.41. The Morgan fingerprint density at radius 2 is 1.93 bits per heavy atom. The van der Waals surface area contributed by atoms with Crippen LogP contribution in [-0.2, 0) is 26.8 Å². The van der Waals surface area contributed by atoms with Gasteiger partial charge in [-0.25, -0.2) is 4.98 Å². The highest BCUT2D eigenvalue weighted by Gasteiger charge is 2.23. The van der Waals surface area contributed by atoms with Crippen molar-refractivity contribution in [3.63, 3.8) is 0 Å². The SMILES string of the molecule is CCOP(OCC)c1ccc(Cn2c(C)nc3c2C=CC(C(N)=O)C3)cc1. The van der Waals surface area contributed by atoms with Crippen LogP contribution in [0.25, 0.3) is 6.08 Å². The zero-order chi connectivity index (χ0) is 19.4. The van der Waals surface area contributed by atoms with Crippen molar-refractivity contribution >= 4 is 25.7 Å². The number of nitrogens with zero attached hydrogens (tertiary/aromatic N) is 2. The second-order valence-corrected chi connectivity index (χ2v) is 7.96. The molecular weight excluding hydrogens is 361 g/mol. The number of aryl methyl sites for hydroxylation is 1. The minimum Gasteiger partial charge on any atom is -0.369 e. The van der Waals surface area contributed by atoms with E-state index in [0.717, 1.165) is 29.1 Å². The van der Waals surface area contributed by atoms with Crippen molar-refractivity contribution in [1.29, 1.82) is 0 Å². The smallest absolute Gasteiger partial charge is 0.224 e. The molecule has 0 saturated carbocycles. The number of benzene rings is 1. The van der Waals surface area contributed by atoms with Gasteiger partial charge in [0.25, 0.3) is 0 Å². The monoisotopic (exact) mass is 387 g/mol. The van der Waals surface area contributed by atoms with Crippen LogP contribution in [0.15, 0.2) is 30.3 Å². The van der Waals surface area contributed by atoms with Gasteiger partial charge in [-0.15, -0.1) is 0 Å². The summed E-state index contributed by atoms with van der Waals surface area (Å²) < 4.78 is 13.6. The first-order valence-corrected chi connectivity index (χ1v) is 10.4. The van der Waals surface area contributed by atoms with E-state index in [1.165, 1.54) is 5.56 Å². The van der Waals surface area contributed by atoms with Gasteiger partial charge in [0, 0.05) is 18.3 Å². The average Bonchev–Trinajstić information content (AvgIpc) is 2.97. The molecule has 1 unspecified atom stereocenters. The molecule has 2 N–H and O–H groups in total. The lowest BCUT2D eigenvalue weighted by molar-refractivity contribution is -0.120. The molecule has 0 bridgehead atoms. The lowest BCUT2D eigenvalue weighted by Crippen LogP contribution is -2.25. The first-order chi connectivity index (χ1) is 13.0. The Morgan fingerprint density at radius 1 is 1.26 bits per heavy atom. The topological polar surface area (TPSA) is 79.4 Å². The van der Waals surface area contributed by atoms with E-state index in [-0.39, 0.29) is 11.8 Å². The van der Waals surface area contributed by atoms with Crippen LogP contribution in [0.2, 0.25) is 0 Å². The maximum absolute atomic E-state index is 11.4. The van der Waals surface area contributed by atoms with Gasteiger partial charge in [0.2, 0.25) is 14.3 Å². The third kappa shape index (κ3) is 4.46. The Bertz CT molecular complexity index is 824. The van der Waals surface area contributed by atoms with Crippen molar-refractivity contribution in [3.8, 4) is 0 Å². The van der Waals surface area contributed by atoms with Crippen LogP contribution in [0, 0.1) is 12.8 Å². The summed E-state index contributed by atoms with van der Waals surface area (Å²) in [5.74, 6) is 0.362. The first kappa shape index (κ1) is 19.7. The number of fused-ring (bicyclic) bond motifs is 1. The first-order valence-electron chi connectivity index (χ1n) is 9.21. The second kappa shape index (κ2) is 8.79. The fourth-order valence-corrected chi connectivity index (χ4v) is 4.42. The predicted molar refractivity (Wildman–Crippen MR) is 108 cm³/mol. The molecule has 1 aromatic carbocycles. The summed E-state index contributed by atoms with van der Waals surface area (Å²) in [5, 5.41) is 1.08. The Hall–Kier alpha value is -2.01. The van der Waals surface area contributed by atoms with Crippen molar-refractivity contribution in [2.45, 2.75) is 33.7 Å². The van der Waals surface area contributed by atoms with Crippen LogP contribution in [0.4, 0.5) is 0 Å². The van der Waals surface area contributed by atoms with Gasteiger partial charge in [-0.1, -0.05) is 18.2 Å². The van der Waals surface area contributed by atoms with Crippen molar-refractivity contribution in [1.82, 2.24) is 9.55 Å². The predicted octanol–water partition coefficient (Wildman–Crippen LogP) is 2.92. The minimum atomic E-state index is -1.02. The third-order valence-corrected chi connectivity index (χ3v) is 6.22. The van der Waals surface area contributed by atoms with Crippen LogP contribution < -0.4 is 11.0 Å². The summed E-state index contributed by atoms with van der Waals surface area (Å²) in [7, 11) is -1.02. The van der Waals surface area contributed by atoms with Crippen LogP contribution in [-0.4, -0.2) is 28.7 Å². The second-order valence-electron chi connectivity index (χ2n) is 6.41. The molecule has 0 saturated heterocycles. The Morgan fingerprint density at radius 3 is 2.52 bits per heavy atom. The number of hydrogen-bond donors (Lipinski definition) is 1. The molecule has 1 aliphatic carbocycles. The van der Waals surface area contributed by atoms with Gasteiger partial charge in [-0.2, -0.15) is 0 Å².